The molecule has 0 amide bonds. The van der Waals surface area contributed by atoms with E-state index in [0.29, 0.717) is 6.61 Å². The number of piperazine rings is 1. The van der Waals surface area contributed by atoms with E-state index in [1.165, 1.54) is 38.2 Å². The fourth-order valence-electron chi connectivity index (χ4n) is 3.27. The fraction of sp³-hybridized carbons (Fsp3) is 0.667. The largest absolute Gasteiger partial charge is 0.493 e. The van der Waals surface area contributed by atoms with E-state index < -0.39 is 0 Å². The van der Waals surface area contributed by atoms with E-state index in [2.05, 4.69) is 26.0 Å². The molecule has 1 aliphatic heterocycles. The molecule has 0 spiro atoms. The zero-order valence-corrected chi connectivity index (χ0v) is 14.6. The highest BCUT2D eigenvalue weighted by Crippen LogP contribution is 2.27. The summed E-state index contributed by atoms with van der Waals surface area (Å²) >= 11 is 0. The second-order valence-electron chi connectivity index (χ2n) is 6.31. The van der Waals surface area contributed by atoms with E-state index in [1.54, 1.807) is 16.9 Å². The molecule has 4 heteroatoms. The van der Waals surface area contributed by atoms with Gasteiger partial charge < -0.3 is 19.3 Å². The zero-order chi connectivity index (χ0) is 15.9. The van der Waals surface area contributed by atoms with Gasteiger partial charge in [0.25, 0.3) is 0 Å². The number of benzene rings is 1. The van der Waals surface area contributed by atoms with Gasteiger partial charge in [-0.15, -0.1) is 0 Å². The van der Waals surface area contributed by atoms with Crippen LogP contribution in [0.25, 0.3) is 0 Å². The molecule has 1 saturated heterocycles. The van der Waals surface area contributed by atoms with Crippen LogP contribution in [0.1, 0.15) is 32.8 Å². The molecule has 1 atom stereocenters. The van der Waals surface area contributed by atoms with Crippen molar-refractivity contribution in [3.8, 4) is 11.5 Å². The SMILES string of the molecule is CCOc1cc(C[NH+]2CC[NH+]([C@H](C)CC)CC2)ccc1OC. The highest BCUT2D eigenvalue weighted by atomic mass is 16.5. The molecule has 22 heavy (non-hydrogen) atoms. The third-order valence-corrected chi connectivity index (χ3v) is 4.89. The van der Waals surface area contributed by atoms with Crippen molar-refractivity contribution < 1.29 is 19.3 Å². The Labute approximate surface area is 135 Å². The van der Waals surface area contributed by atoms with Crippen molar-refractivity contribution in [1.29, 1.82) is 0 Å². The standard InChI is InChI=1S/C18H30N2O2/c1-5-15(3)20-11-9-19(10-12-20)14-16-7-8-17(21-4)18(13-16)22-6-2/h7-8,13,15H,5-6,9-12,14H2,1-4H3/p+2/t15-/m1/s1. The first kappa shape index (κ1) is 17.1. The van der Waals surface area contributed by atoms with E-state index in [4.69, 9.17) is 9.47 Å². The monoisotopic (exact) mass is 308 g/mol. The minimum Gasteiger partial charge on any atom is -0.493 e. The lowest BCUT2D eigenvalue weighted by Crippen LogP contribution is -3.29. The minimum atomic E-state index is 0.670. The molecule has 2 N–H and O–H groups in total. The van der Waals surface area contributed by atoms with Crippen LogP contribution >= 0.6 is 0 Å². The quantitative estimate of drug-likeness (QED) is 0.752. The van der Waals surface area contributed by atoms with Crippen LogP contribution in [0.4, 0.5) is 0 Å². The lowest BCUT2D eigenvalue weighted by atomic mass is 10.1. The van der Waals surface area contributed by atoms with Crippen molar-refractivity contribution in [2.45, 2.75) is 39.8 Å². The van der Waals surface area contributed by atoms with Gasteiger partial charge >= 0.3 is 0 Å². The van der Waals surface area contributed by atoms with Gasteiger partial charge in [0.05, 0.1) is 19.8 Å². The van der Waals surface area contributed by atoms with Crippen LogP contribution in [0.15, 0.2) is 18.2 Å². The minimum absolute atomic E-state index is 0.670. The number of ether oxygens (including phenoxy) is 2. The number of quaternary nitrogens is 2. The van der Waals surface area contributed by atoms with Crippen LogP contribution in [0.5, 0.6) is 11.5 Å². The van der Waals surface area contributed by atoms with E-state index >= 15 is 0 Å². The van der Waals surface area contributed by atoms with Crippen LogP contribution in [0, 0.1) is 0 Å². The van der Waals surface area contributed by atoms with Gasteiger partial charge in [-0.2, -0.15) is 0 Å². The van der Waals surface area contributed by atoms with Crippen molar-refractivity contribution in [3.63, 3.8) is 0 Å². The zero-order valence-electron chi connectivity index (χ0n) is 14.6. The molecule has 0 radical (unpaired) electrons. The summed E-state index contributed by atoms with van der Waals surface area (Å²) < 4.78 is 11.0. The van der Waals surface area contributed by atoms with Crippen LogP contribution < -0.4 is 19.3 Å². The highest BCUT2D eigenvalue weighted by Gasteiger charge is 2.26. The molecule has 1 aromatic carbocycles. The Hall–Kier alpha value is -1.26. The van der Waals surface area contributed by atoms with Crippen molar-refractivity contribution in [2.75, 3.05) is 39.9 Å². The number of methoxy groups -OCH3 is 1. The second-order valence-corrected chi connectivity index (χ2v) is 6.31. The highest BCUT2D eigenvalue weighted by molar-refractivity contribution is 5.42. The number of hydrogen-bond donors (Lipinski definition) is 2. The van der Waals surface area contributed by atoms with E-state index in [-0.39, 0.29) is 0 Å². The molecule has 2 rings (SSSR count). The average Bonchev–Trinajstić information content (AvgIpc) is 2.55. The summed E-state index contributed by atoms with van der Waals surface area (Å²) in [5.41, 5.74) is 1.34. The second kappa shape index (κ2) is 8.39. The van der Waals surface area contributed by atoms with Gasteiger partial charge in [0.1, 0.15) is 32.7 Å². The molecule has 1 heterocycles. The average molecular weight is 308 g/mol. The number of nitrogens with one attached hydrogen (secondary N) is 2. The number of hydrogen-bond acceptors (Lipinski definition) is 2. The van der Waals surface area contributed by atoms with Gasteiger partial charge in [0, 0.05) is 5.56 Å². The van der Waals surface area contributed by atoms with Crippen molar-refractivity contribution in [1.82, 2.24) is 0 Å². The maximum atomic E-state index is 5.68. The molecule has 124 valence electrons. The maximum absolute atomic E-state index is 5.68. The Balaban J connectivity index is 1.93. The van der Waals surface area contributed by atoms with Crippen molar-refractivity contribution >= 4 is 0 Å². The normalized spacial score (nSPS) is 23.1. The maximum Gasteiger partial charge on any atom is 0.161 e. The van der Waals surface area contributed by atoms with Gasteiger partial charge in [-0.05, 0) is 38.5 Å². The van der Waals surface area contributed by atoms with E-state index in [1.807, 2.05) is 13.0 Å². The molecule has 0 aliphatic carbocycles. The lowest BCUT2D eigenvalue weighted by molar-refractivity contribution is -1.03. The predicted molar refractivity (Wildman–Crippen MR) is 89.0 cm³/mol. The summed E-state index contributed by atoms with van der Waals surface area (Å²) in [7, 11) is 1.69. The molecule has 0 unspecified atom stereocenters. The Morgan fingerprint density at radius 1 is 1.09 bits per heavy atom. The van der Waals surface area contributed by atoms with Gasteiger partial charge in [-0.1, -0.05) is 6.92 Å². The summed E-state index contributed by atoms with van der Waals surface area (Å²) in [6.45, 7) is 13.5. The molecule has 0 saturated carbocycles. The molecule has 1 fully saturated rings. The Morgan fingerprint density at radius 2 is 1.82 bits per heavy atom. The third kappa shape index (κ3) is 4.37. The van der Waals surface area contributed by atoms with Crippen LogP contribution in [-0.2, 0) is 6.54 Å². The summed E-state index contributed by atoms with van der Waals surface area (Å²) in [5.74, 6) is 1.69. The van der Waals surface area contributed by atoms with Gasteiger partial charge in [0.2, 0.25) is 0 Å². The first-order valence-corrected chi connectivity index (χ1v) is 8.65. The smallest absolute Gasteiger partial charge is 0.161 e. The van der Waals surface area contributed by atoms with E-state index in [9.17, 15) is 0 Å². The van der Waals surface area contributed by atoms with Crippen molar-refractivity contribution in [2.24, 2.45) is 0 Å². The van der Waals surface area contributed by atoms with Gasteiger partial charge in [0.15, 0.2) is 11.5 Å². The van der Waals surface area contributed by atoms with E-state index in [0.717, 1.165) is 24.1 Å². The molecule has 1 aliphatic rings. The van der Waals surface area contributed by atoms with Gasteiger partial charge in [-0.3, -0.25) is 0 Å². The predicted octanol–water partition coefficient (Wildman–Crippen LogP) is 0.176. The third-order valence-electron chi connectivity index (χ3n) is 4.89. The molecule has 0 bridgehead atoms. The first-order valence-electron chi connectivity index (χ1n) is 8.65. The molecular weight excluding hydrogens is 276 g/mol. The van der Waals surface area contributed by atoms with Crippen molar-refractivity contribution in [3.05, 3.63) is 23.8 Å². The Morgan fingerprint density at radius 3 is 2.41 bits per heavy atom. The molecule has 1 aromatic rings. The van der Waals surface area contributed by atoms with Crippen LogP contribution in [0.3, 0.4) is 0 Å². The Kier molecular flexibility index (Phi) is 6.52. The van der Waals surface area contributed by atoms with Crippen LogP contribution in [-0.4, -0.2) is 45.9 Å². The topological polar surface area (TPSA) is 27.3 Å². The van der Waals surface area contributed by atoms with Gasteiger partial charge in [-0.25, -0.2) is 0 Å². The number of rotatable bonds is 7. The summed E-state index contributed by atoms with van der Waals surface area (Å²) in [6.07, 6.45) is 1.28. The molecule has 0 aromatic heterocycles. The first-order chi connectivity index (χ1) is 10.7. The summed E-state index contributed by atoms with van der Waals surface area (Å²) in [4.78, 5) is 3.45. The fourth-order valence-corrected chi connectivity index (χ4v) is 3.27. The Bertz CT molecular complexity index is 456. The van der Waals surface area contributed by atoms with Crippen LogP contribution in [0.2, 0.25) is 0 Å². The lowest BCUT2D eigenvalue weighted by Gasteiger charge is -2.33. The summed E-state index contributed by atoms with van der Waals surface area (Å²) in [6, 6.07) is 7.14. The molecule has 4 nitrogen and oxygen atoms in total. The summed E-state index contributed by atoms with van der Waals surface area (Å²) in [5, 5.41) is 0. The molecular formula is C18H32N2O2+2.